The maximum atomic E-state index is 12.4. The Labute approximate surface area is 146 Å². The molecule has 0 spiro atoms. The van der Waals surface area contributed by atoms with Crippen LogP contribution in [-0.2, 0) is 11.3 Å². The number of carbonyl (C=O) groups excluding carboxylic acids is 1. The van der Waals surface area contributed by atoms with Crippen LogP contribution in [0.15, 0.2) is 78.9 Å². The zero-order chi connectivity index (χ0) is 17.2. The molecule has 0 saturated heterocycles. The monoisotopic (exact) mass is 326 g/mol. The van der Waals surface area contributed by atoms with E-state index in [1.54, 1.807) is 0 Å². The Morgan fingerprint density at radius 3 is 2.32 bits per heavy atom. The van der Waals surface area contributed by atoms with E-state index in [1.807, 2.05) is 48.5 Å². The van der Waals surface area contributed by atoms with Crippen LogP contribution in [0.3, 0.4) is 0 Å². The summed E-state index contributed by atoms with van der Waals surface area (Å²) in [6, 6.07) is 26.1. The molecule has 0 aliphatic carbocycles. The molecule has 2 heteroatoms. The van der Waals surface area contributed by atoms with Gasteiger partial charge in [-0.25, -0.2) is 4.79 Å². The van der Waals surface area contributed by atoms with Gasteiger partial charge in [-0.1, -0.05) is 66.2 Å². The molecule has 0 bridgehead atoms. The summed E-state index contributed by atoms with van der Waals surface area (Å²) in [6.45, 7) is 2.33. The van der Waals surface area contributed by atoms with Gasteiger partial charge in [0.25, 0.3) is 0 Å². The van der Waals surface area contributed by atoms with Crippen molar-refractivity contribution in [2.45, 2.75) is 13.5 Å². The summed E-state index contributed by atoms with van der Waals surface area (Å²) in [7, 11) is 0. The summed E-state index contributed by atoms with van der Waals surface area (Å²) in [5, 5.41) is 4.51. The first-order valence-corrected chi connectivity index (χ1v) is 8.34. The zero-order valence-corrected chi connectivity index (χ0v) is 14.0. The summed E-state index contributed by atoms with van der Waals surface area (Å²) in [5.41, 5.74) is 2.78. The highest BCUT2D eigenvalue weighted by atomic mass is 16.5. The van der Waals surface area contributed by atoms with Crippen molar-refractivity contribution in [3.8, 4) is 0 Å². The number of esters is 1. The Kier molecular flexibility index (Phi) is 3.95. The highest BCUT2D eigenvalue weighted by Gasteiger charge is 2.08. The first-order chi connectivity index (χ1) is 12.2. The van der Waals surface area contributed by atoms with Crippen molar-refractivity contribution in [3.05, 3.63) is 95.6 Å². The Balaban J connectivity index is 1.52. The molecule has 0 radical (unpaired) electrons. The summed E-state index contributed by atoms with van der Waals surface area (Å²) in [6.07, 6.45) is 0. The summed E-state index contributed by atoms with van der Waals surface area (Å²) < 4.78 is 5.50. The second-order valence-electron chi connectivity index (χ2n) is 6.32. The lowest BCUT2D eigenvalue weighted by Gasteiger charge is -2.07. The molecule has 0 saturated carbocycles. The third-order valence-electron chi connectivity index (χ3n) is 4.42. The minimum absolute atomic E-state index is 0.273. The third-order valence-corrected chi connectivity index (χ3v) is 4.42. The van der Waals surface area contributed by atoms with Gasteiger partial charge in [-0.2, -0.15) is 0 Å². The van der Waals surface area contributed by atoms with Gasteiger partial charge in [0.1, 0.15) is 6.61 Å². The van der Waals surface area contributed by atoms with Gasteiger partial charge in [-0.05, 0) is 52.2 Å². The number of ether oxygens (including phenoxy) is 1. The van der Waals surface area contributed by atoms with E-state index in [4.69, 9.17) is 4.74 Å². The molecule has 0 atom stereocenters. The second kappa shape index (κ2) is 6.40. The van der Waals surface area contributed by atoms with E-state index in [0.29, 0.717) is 5.56 Å². The number of aryl methyl sites for hydroxylation is 1. The SMILES string of the molecule is Cc1ccc2cc(C(=O)OCc3ccc4ccccc4c3)ccc2c1. The number of fused-ring (bicyclic) bond motifs is 2. The molecule has 0 aromatic heterocycles. The highest BCUT2D eigenvalue weighted by Crippen LogP contribution is 2.20. The fraction of sp³-hybridized carbons (Fsp3) is 0.0870. The van der Waals surface area contributed by atoms with Crippen molar-refractivity contribution in [2.24, 2.45) is 0 Å². The fourth-order valence-corrected chi connectivity index (χ4v) is 3.05. The third kappa shape index (κ3) is 3.24. The molecule has 0 amide bonds. The number of hydrogen-bond donors (Lipinski definition) is 0. The molecular formula is C23H18O2. The van der Waals surface area contributed by atoms with Gasteiger partial charge in [0.05, 0.1) is 5.56 Å². The normalized spacial score (nSPS) is 10.9. The van der Waals surface area contributed by atoms with Gasteiger partial charge < -0.3 is 4.74 Å². The summed E-state index contributed by atoms with van der Waals surface area (Å²) in [4.78, 5) is 12.4. The molecular weight excluding hydrogens is 308 g/mol. The Hall–Kier alpha value is -3.13. The smallest absolute Gasteiger partial charge is 0.338 e. The van der Waals surface area contributed by atoms with Crippen LogP contribution < -0.4 is 0 Å². The zero-order valence-electron chi connectivity index (χ0n) is 14.0. The minimum atomic E-state index is -0.296. The Morgan fingerprint density at radius 1 is 0.760 bits per heavy atom. The number of hydrogen-bond acceptors (Lipinski definition) is 2. The predicted octanol–water partition coefficient (Wildman–Crippen LogP) is 5.66. The number of rotatable bonds is 3. The topological polar surface area (TPSA) is 26.3 Å². The second-order valence-corrected chi connectivity index (χ2v) is 6.32. The van der Waals surface area contributed by atoms with E-state index in [-0.39, 0.29) is 12.6 Å². The fourth-order valence-electron chi connectivity index (χ4n) is 3.05. The molecule has 25 heavy (non-hydrogen) atoms. The van der Waals surface area contributed by atoms with Crippen molar-refractivity contribution in [3.63, 3.8) is 0 Å². The molecule has 122 valence electrons. The molecule has 0 unspecified atom stereocenters. The van der Waals surface area contributed by atoms with E-state index in [9.17, 15) is 4.79 Å². The van der Waals surface area contributed by atoms with Crippen LogP contribution in [0.5, 0.6) is 0 Å². The van der Waals surface area contributed by atoms with E-state index in [2.05, 4.69) is 37.3 Å². The molecule has 2 nitrogen and oxygen atoms in total. The van der Waals surface area contributed by atoms with Crippen LogP contribution in [0.25, 0.3) is 21.5 Å². The maximum absolute atomic E-state index is 12.4. The molecule has 0 aliphatic heterocycles. The average Bonchev–Trinajstić information content (AvgIpc) is 2.65. The van der Waals surface area contributed by atoms with Crippen LogP contribution in [0.1, 0.15) is 21.5 Å². The van der Waals surface area contributed by atoms with Crippen molar-refractivity contribution in [1.29, 1.82) is 0 Å². The maximum Gasteiger partial charge on any atom is 0.338 e. The highest BCUT2D eigenvalue weighted by molar-refractivity contribution is 5.95. The van der Waals surface area contributed by atoms with Crippen LogP contribution in [0, 0.1) is 6.92 Å². The summed E-state index contributed by atoms with van der Waals surface area (Å²) >= 11 is 0. The van der Waals surface area contributed by atoms with Crippen molar-refractivity contribution < 1.29 is 9.53 Å². The lowest BCUT2D eigenvalue weighted by Crippen LogP contribution is -2.05. The van der Waals surface area contributed by atoms with E-state index < -0.39 is 0 Å². The lowest BCUT2D eigenvalue weighted by atomic mass is 10.0. The van der Waals surface area contributed by atoms with Gasteiger partial charge in [-0.3, -0.25) is 0 Å². The lowest BCUT2D eigenvalue weighted by molar-refractivity contribution is 0.0473. The number of benzene rings is 4. The molecule has 0 N–H and O–H groups in total. The average molecular weight is 326 g/mol. The first kappa shape index (κ1) is 15.4. The van der Waals surface area contributed by atoms with E-state index in [0.717, 1.165) is 21.7 Å². The first-order valence-electron chi connectivity index (χ1n) is 8.34. The Morgan fingerprint density at radius 2 is 1.44 bits per heavy atom. The molecule has 0 fully saturated rings. The predicted molar refractivity (Wildman–Crippen MR) is 102 cm³/mol. The van der Waals surface area contributed by atoms with Crippen molar-refractivity contribution >= 4 is 27.5 Å². The Bertz CT molecular complexity index is 1080. The summed E-state index contributed by atoms with van der Waals surface area (Å²) in [5.74, 6) is -0.296. The van der Waals surface area contributed by atoms with Crippen LogP contribution in [0.4, 0.5) is 0 Å². The van der Waals surface area contributed by atoms with Crippen LogP contribution in [-0.4, -0.2) is 5.97 Å². The number of carbonyl (C=O) groups is 1. The largest absolute Gasteiger partial charge is 0.457 e. The van der Waals surface area contributed by atoms with E-state index >= 15 is 0 Å². The molecule has 0 aliphatic rings. The van der Waals surface area contributed by atoms with Gasteiger partial charge in [0.15, 0.2) is 0 Å². The van der Waals surface area contributed by atoms with Gasteiger partial charge in [0, 0.05) is 0 Å². The van der Waals surface area contributed by atoms with E-state index in [1.165, 1.54) is 10.9 Å². The van der Waals surface area contributed by atoms with Crippen LogP contribution >= 0.6 is 0 Å². The standard InChI is InChI=1S/C23H18O2/c1-16-6-8-21-14-22(11-10-20(21)12-16)23(24)25-15-17-7-9-18-4-2-3-5-19(18)13-17/h2-14H,15H2,1H3. The van der Waals surface area contributed by atoms with Gasteiger partial charge >= 0.3 is 5.97 Å². The van der Waals surface area contributed by atoms with Gasteiger partial charge in [-0.15, -0.1) is 0 Å². The van der Waals surface area contributed by atoms with Crippen molar-refractivity contribution in [1.82, 2.24) is 0 Å². The van der Waals surface area contributed by atoms with Crippen molar-refractivity contribution in [2.75, 3.05) is 0 Å². The molecule has 4 aromatic carbocycles. The quantitative estimate of drug-likeness (QED) is 0.454. The van der Waals surface area contributed by atoms with Gasteiger partial charge in [0.2, 0.25) is 0 Å². The molecule has 0 heterocycles. The molecule has 4 aromatic rings. The molecule has 4 rings (SSSR count). The van der Waals surface area contributed by atoms with Crippen LogP contribution in [0.2, 0.25) is 0 Å². The minimum Gasteiger partial charge on any atom is -0.457 e.